The zero-order chi connectivity index (χ0) is 15.5. The second kappa shape index (κ2) is 6.01. The van der Waals surface area contributed by atoms with Gasteiger partial charge in [0, 0.05) is 25.8 Å². The Morgan fingerprint density at radius 3 is 2.77 bits per heavy atom. The van der Waals surface area contributed by atoms with Crippen LogP contribution in [0, 0.1) is 5.82 Å². The number of aromatic amines is 1. The van der Waals surface area contributed by atoms with Crippen molar-refractivity contribution in [3.05, 3.63) is 59.7 Å². The van der Waals surface area contributed by atoms with E-state index >= 15 is 0 Å². The Labute approximate surface area is 127 Å². The Balaban J connectivity index is 1.63. The van der Waals surface area contributed by atoms with Gasteiger partial charge in [0.25, 0.3) is 5.91 Å². The van der Waals surface area contributed by atoms with E-state index in [0.717, 1.165) is 5.56 Å². The molecule has 0 aliphatic carbocycles. The summed E-state index contributed by atoms with van der Waals surface area (Å²) in [5, 5.41) is 0. The van der Waals surface area contributed by atoms with Crippen molar-refractivity contribution >= 4 is 11.8 Å². The average Bonchev–Trinajstić information content (AvgIpc) is 3.03. The van der Waals surface area contributed by atoms with Crippen LogP contribution in [0.4, 0.5) is 4.39 Å². The van der Waals surface area contributed by atoms with Crippen LogP contribution in [0.2, 0.25) is 0 Å². The molecule has 1 fully saturated rings. The fourth-order valence-corrected chi connectivity index (χ4v) is 2.54. The van der Waals surface area contributed by atoms with Gasteiger partial charge in [0.2, 0.25) is 5.91 Å². The largest absolute Gasteiger partial charge is 0.357 e. The monoisotopic (exact) mass is 301 g/mol. The molecule has 22 heavy (non-hydrogen) atoms. The van der Waals surface area contributed by atoms with Crippen molar-refractivity contribution in [2.24, 2.45) is 0 Å². The van der Waals surface area contributed by atoms with Gasteiger partial charge in [-0.15, -0.1) is 0 Å². The SMILES string of the molecule is O=C1CN(C(=O)c2ccc[nH]2)CCN1Cc1cccc(F)c1. The quantitative estimate of drug-likeness (QED) is 0.937. The number of hydrogen-bond donors (Lipinski definition) is 1. The van der Waals surface area contributed by atoms with Crippen LogP contribution >= 0.6 is 0 Å². The van der Waals surface area contributed by atoms with Gasteiger partial charge >= 0.3 is 0 Å². The fourth-order valence-electron chi connectivity index (χ4n) is 2.54. The van der Waals surface area contributed by atoms with E-state index in [1.807, 2.05) is 0 Å². The van der Waals surface area contributed by atoms with E-state index in [1.165, 1.54) is 17.0 Å². The molecule has 1 aliphatic heterocycles. The molecular formula is C16H16FN3O2. The second-order valence-electron chi connectivity index (χ2n) is 5.26. The normalized spacial score (nSPS) is 15.2. The van der Waals surface area contributed by atoms with Gasteiger partial charge in [-0.3, -0.25) is 9.59 Å². The molecule has 1 saturated heterocycles. The summed E-state index contributed by atoms with van der Waals surface area (Å²) in [4.78, 5) is 30.4. The third-order valence-corrected chi connectivity index (χ3v) is 3.70. The molecule has 0 unspecified atom stereocenters. The lowest BCUT2D eigenvalue weighted by atomic mass is 10.2. The molecule has 1 aromatic heterocycles. The Morgan fingerprint density at radius 1 is 1.23 bits per heavy atom. The van der Waals surface area contributed by atoms with E-state index in [4.69, 9.17) is 0 Å². The van der Waals surface area contributed by atoms with Crippen LogP contribution in [0.25, 0.3) is 0 Å². The van der Waals surface area contributed by atoms with Crippen LogP contribution in [-0.4, -0.2) is 46.2 Å². The Bertz CT molecular complexity index is 684. The highest BCUT2D eigenvalue weighted by Crippen LogP contribution is 2.12. The van der Waals surface area contributed by atoms with Crippen LogP contribution in [0.1, 0.15) is 16.1 Å². The third kappa shape index (κ3) is 3.00. The highest BCUT2D eigenvalue weighted by molar-refractivity contribution is 5.95. The van der Waals surface area contributed by atoms with Crippen molar-refractivity contribution in [2.45, 2.75) is 6.54 Å². The van der Waals surface area contributed by atoms with Crippen LogP contribution in [0.5, 0.6) is 0 Å². The number of nitrogens with one attached hydrogen (secondary N) is 1. The highest BCUT2D eigenvalue weighted by atomic mass is 19.1. The molecule has 0 bridgehead atoms. The maximum atomic E-state index is 13.2. The molecule has 5 nitrogen and oxygen atoms in total. The molecule has 1 aromatic carbocycles. The minimum atomic E-state index is -0.314. The third-order valence-electron chi connectivity index (χ3n) is 3.70. The van der Waals surface area contributed by atoms with Gasteiger partial charge < -0.3 is 14.8 Å². The molecule has 1 aliphatic rings. The van der Waals surface area contributed by atoms with Gasteiger partial charge in [-0.1, -0.05) is 12.1 Å². The number of piperazine rings is 1. The number of H-pyrrole nitrogens is 1. The van der Waals surface area contributed by atoms with Crippen LogP contribution < -0.4 is 0 Å². The summed E-state index contributed by atoms with van der Waals surface area (Å²) < 4.78 is 13.2. The first-order valence-electron chi connectivity index (χ1n) is 7.08. The maximum absolute atomic E-state index is 13.2. The molecule has 0 atom stereocenters. The molecule has 2 amide bonds. The number of nitrogens with zero attached hydrogens (tertiary/aromatic N) is 2. The van der Waals surface area contributed by atoms with E-state index in [-0.39, 0.29) is 24.2 Å². The van der Waals surface area contributed by atoms with E-state index in [0.29, 0.717) is 25.3 Å². The van der Waals surface area contributed by atoms with E-state index < -0.39 is 0 Å². The first-order chi connectivity index (χ1) is 10.6. The topological polar surface area (TPSA) is 56.4 Å². The van der Waals surface area contributed by atoms with Gasteiger partial charge in [0.05, 0.1) is 0 Å². The molecule has 1 N–H and O–H groups in total. The van der Waals surface area contributed by atoms with Crippen molar-refractivity contribution < 1.29 is 14.0 Å². The van der Waals surface area contributed by atoms with Gasteiger partial charge in [0.15, 0.2) is 0 Å². The number of benzene rings is 1. The first kappa shape index (κ1) is 14.3. The molecule has 0 spiro atoms. The van der Waals surface area contributed by atoms with Gasteiger partial charge in [0.1, 0.15) is 18.1 Å². The molecule has 0 saturated carbocycles. The fraction of sp³-hybridized carbons (Fsp3) is 0.250. The van der Waals surface area contributed by atoms with E-state index in [1.54, 1.807) is 35.4 Å². The maximum Gasteiger partial charge on any atom is 0.270 e. The lowest BCUT2D eigenvalue weighted by Crippen LogP contribution is -2.51. The minimum absolute atomic E-state index is 0.0488. The Morgan fingerprint density at radius 2 is 2.09 bits per heavy atom. The zero-order valence-electron chi connectivity index (χ0n) is 12.0. The molecule has 114 valence electrons. The molecular weight excluding hydrogens is 285 g/mol. The Kier molecular flexibility index (Phi) is 3.91. The lowest BCUT2D eigenvalue weighted by Gasteiger charge is -2.34. The number of rotatable bonds is 3. The highest BCUT2D eigenvalue weighted by Gasteiger charge is 2.28. The average molecular weight is 301 g/mol. The summed E-state index contributed by atoms with van der Waals surface area (Å²) in [6.07, 6.45) is 1.68. The lowest BCUT2D eigenvalue weighted by molar-refractivity contribution is -0.135. The summed E-state index contributed by atoms with van der Waals surface area (Å²) in [6.45, 7) is 1.33. The van der Waals surface area contributed by atoms with Gasteiger partial charge in [-0.2, -0.15) is 0 Å². The number of aromatic nitrogens is 1. The number of amides is 2. The number of halogens is 1. The van der Waals surface area contributed by atoms with Crippen molar-refractivity contribution in [3.63, 3.8) is 0 Å². The molecule has 2 heterocycles. The molecule has 6 heteroatoms. The van der Waals surface area contributed by atoms with Crippen LogP contribution in [0.15, 0.2) is 42.6 Å². The van der Waals surface area contributed by atoms with E-state index in [9.17, 15) is 14.0 Å². The summed E-state index contributed by atoms with van der Waals surface area (Å²) >= 11 is 0. The number of carbonyl (C=O) groups is 2. The predicted molar refractivity (Wildman–Crippen MR) is 78.5 cm³/mol. The summed E-state index contributed by atoms with van der Waals surface area (Å²) in [7, 11) is 0. The van der Waals surface area contributed by atoms with Crippen LogP contribution in [0.3, 0.4) is 0 Å². The Hall–Kier alpha value is -2.63. The standard InChI is InChI=1S/C16H16FN3O2/c17-13-4-1-3-12(9-13)10-19-7-8-20(11-15(19)21)16(22)14-5-2-6-18-14/h1-6,9,18H,7-8,10-11H2. The van der Waals surface area contributed by atoms with Gasteiger partial charge in [-0.25, -0.2) is 4.39 Å². The number of hydrogen-bond acceptors (Lipinski definition) is 2. The van der Waals surface area contributed by atoms with Crippen molar-refractivity contribution in [2.75, 3.05) is 19.6 Å². The number of carbonyl (C=O) groups excluding carboxylic acids is 2. The molecule has 2 aromatic rings. The first-order valence-corrected chi connectivity index (χ1v) is 7.08. The van der Waals surface area contributed by atoms with Gasteiger partial charge in [-0.05, 0) is 29.8 Å². The van der Waals surface area contributed by atoms with Crippen LogP contribution in [-0.2, 0) is 11.3 Å². The predicted octanol–water partition coefficient (Wildman–Crippen LogP) is 1.64. The zero-order valence-corrected chi connectivity index (χ0v) is 12.0. The summed E-state index contributed by atoms with van der Waals surface area (Å²) in [5.41, 5.74) is 1.23. The molecule has 3 rings (SSSR count). The van der Waals surface area contributed by atoms with Crippen molar-refractivity contribution in [3.8, 4) is 0 Å². The summed E-state index contributed by atoms with van der Waals surface area (Å²) in [6, 6.07) is 9.64. The van der Waals surface area contributed by atoms with E-state index in [2.05, 4.69) is 4.98 Å². The molecule has 0 radical (unpaired) electrons. The smallest absolute Gasteiger partial charge is 0.270 e. The second-order valence-corrected chi connectivity index (χ2v) is 5.26. The van der Waals surface area contributed by atoms with Crippen molar-refractivity contribution in [1.29, 1.82) is 0 Å². The minimum Gasteiger partial charge on any atom is -0.357 e. The summed E-state index contributed by atoms with van der Waals surface area (Å²) in [5.74, 6) is -0.621. The van der Waals surface area contributed by atoms with Crippen molar-refractivity contribution in [1.82, 2.24) is 14.8 Å².